The van der Waals surface area contributed by atoms with Crippen LogP contribution in [-0.4, -0.2) is 11.8 Å². The van der Waals surface area contributed by atoms with Crippen molar-refractivity contribution >= 4 is 17.5 Å². The molecular formula is C20H23FN2O2. The average molecular weight is 342 g/mol. The van der Waals surface area contributed by atoms with Gasteiger partial charge in [0.25, 0.3) is 0 Å². The second-order valence-electron chi connectivity index (χ2n) is 6.44. The summed E-state index contributed by atoms with van der Waals surface area (Å²) in [5.41, 5.74) is 1.36. The summed E-state index contributed by atoms with van der Waals surface area (Å²) in [5, 5.41) is 5.49. The highest BCUT2D eigenvalue weighted by Gasteiger charge is 2.35. The van der Waals surface area contributed by atoms with E-state index in [4.69, 9.17) is 0 Å². The molecule has 0 bridgehead atoms. The van der Waals surface area contributed by atoms with E-state index in [0.29, 0.717) is 5.69 Å². The summed E-state index contributed by atoms with van der Waals surface area (Å²) in [6, 6.07) is 13.4. The van der Waals surface area contributed by atoms with E-state index >= 15 is 0 Å². The van der Waals surface area contributed by atoms with Gasteiger partial charge in [-0.25, -0.2) is 4.39 Å². The van der Waals surface area contributed by atoms with Gasteiger partial charge in [0.15, 0.2) is 0 Å². The highest BCUT2D eigenvalue weighted by molar-refractivity contribution is 6.09. The third-order valence-corrected chi connectivity index (χ3v) is 4.12. The van der Waals surface area contributed by atoms with Crippen molar-refractivity contribution in [1.82, 2.24) is 5.32 Å². The van der Waals surface area contributed by atoms with Gasteiger partial charge in [-0.1, -0.05) is 31.2 Å². The first-order chi connectivity index (χ1) is 11.8. The Morgan fingerprint density at radius 3 is 2.04 bits per heavy atom. The summed E-state index contributed by atoms with van der Waals surface area (Å²) in [7, 11) is 0. The number of rotatable bonds is 6. The summed E-state index contributed by atoms with van der Waals surface area (Å²) < 4.78 is 12.9. The molecule has 5 heteroatoms. The van der Waals surface area contributed by atoms with Crippen molar-refractivity contribution in [1.29, 1.82) is 0 Å². The van der Waals surface area contributed by atoms with E-state index in [1.807, 2.05) is 24.3 Å². The second kappa shape index (κ2) is 7.92. The summed E-state index contributed by atoms with van der Waals surface area (Å²) in [4.78, 5) is 24.9. The molecule has 2 aromatic rings. The van der Waals surface area contributed by atoms with Gasteiger partial charge in [0.1, 0.15) is 11.2 Å². The van der Waals surface area contributed by atoms with Crippen LogP contribution in [0.1, 0.15) is 31.9 Å². The zero-order valence-corrected chi connectivity index (χ0v) is 14.7. The Hall–Kier alpha value is -2.69. The van der Waals surface area contributed by atoms with Crippen molar-refractivity contribution in [3.63, 3.8) is 0 Å². The van der Waals surface area contributed by atoms with Crippen LogP contribution in [-0.2, 0) is 22.6 Å². The lowest BCUT2D eigenvalue weighted by Crippen LogP contribution is -2.44. The first kappa shape index (κ1) is 18.6. The Bertz CT molecular complexity index is 737. The summed E-state index contributed by atoms with van der Waals surface area (Å²) in [6.07, 6.45) is 0.922. The fourth-order valence-corrected chi connectivity index (χ4v) is 2.22. The minimum Gasteiger partial charge on any atom is -0.351 e. The number of halogens is 1. The summed E-state index contributed by atoms with van der Waals surface area (Å²) >= 11 is 0. The van der Waals surface area contributed by atoms with Crippen molar-refractivity contribution in [2.24, 2.45) is 5.41 Å². The number of aryl methyl sites for hydroxylation is 1. The highest BCUT2D eigenvalue weighted by Crippen LogP contribution is 2.20. The minimum atomic E-state index is -1.23. The third-order valence-electron chi connectivity index (χ3n) is 4.12. The molecule has 0 aliphatic carbocycles. The van der Waals surface area contributed by atoms with E-state index in [2.05, 4.69) is 17.6 Å². The van der Waals surface area contributed by atoms with E-state index in [1.165, 1.54) is 17.7 Å². The molecule has 0 saturated carbocycles. The standard InChI is InChI=1S/C20H23FN2O2/c1-4-14-7-11-17(12-8-14)23-19(25)20(2,3)18(24)22-13-15-5-9-16(21)10-6-15/h5-12H,4,13H2,1-3H3,(H,22,24)(H,23,25). The first-order valence-corrected chi connectivity index (χ1v) is 8.26. The maximum absolute atomic E-state index is 12.9. The topological polar surface area (TPSA) is 58.2 Å². The van der Waals surface area contributed by atoms with Crippen LogP contribution >= 0.6 is 0 Å². The molecule has 2 amide bonds. The largest absolute Gasteiger partial charge is 0.351 e. The molecule has 0 saturated heterocycles. The lowest BCUT2D eigenvalue weighted by atomic mass is 9.90. The molecule has 2 rings (SSSR count). The van der Waals surface area contributed by atoms with E-state index in [0.717, 1.165) is 12.0 Å². The van der Waals surface area contributed by atoms with Crippen LogP contribution in [0.3, 0.4) is 0 Å². The Labute approximate surface area is 147 Å². The fraction of sp³-hybridized carbons (Fsp3) is 0.300. The number of benzene rings is 2. The number of hydrogen-bond acceptors (Lipinski definition) is 2. The summed E-state index contributed by atoms with van der Waals surface area (Å²) in [6.45, 7) is 5.44. The van der Waals surface area contributed by atoms with Gasteiger partial charge >= 0.3 is 0 Å². The van der Waals surface area contributed by atoms with Gasteiger partial charge < -0.3 is 10.6 Å². The maximum Gasteiger partial charge on any atom is 0.239 e. The van der Waals surface area contributed by atoms with Crippen LogP contribution in [0.15, 0.2) is 48.5 Å². The molecule has 4 nitrogen and oxygen atoms in total. The number of anilines is 1. The van der Waals surface area contributed by atoms with E-state index in [9.17, 15) is 14.0 Å². The lowest BCUT2D eigenvalue weighted by molar-refractivity contribution is -0.138. The van der Waals surface area contributed by atoms with Crippen molar-refractivity contribution in [2.45, 2.75) is 33.7 Å². The van der Waals surface area contributed by atoms with Crippen molar-refractivity contribution in [2.75, 3.05) is 5.32 Å². The fourth-order valence-electron chi connectivity index (χ4n) is 2.22. The molecule has 2 N–H and O–H groups in total. The molecule has 0 fully saturated rings. The molecule has 0 heterocycles. The monoisotopic (exact) mass is 342 g/mol. The van der Waals surface area contributed by atoms with E-state index in [1.54, 1.807) is 26.0 Å². The van der Waals surface area contributed by atoms with Crippen LogP contribution in [0.4, 0.5) is 10.1 Å². The van der Waals surface area contributed by atoms with Crippen LogP contribution < -0.4 is 10.6 Å². The first-order valence-electron chi connectivity index (χ1n) is 8.26. The van der Waals surface area contributed by atoms with Crippen molar-refractivity contribution < 1.29 is 14.0 Å². The van der Waals surface area contributed by atoms with Crippen LogP contribution in [0, 0.1) is 11.2 Å². The minimum absolute atomic E-state index is 0.237. The SMILES string of the molecule is CCc1ccc(NC(=O)C(C)(C)C(=O)NCc2ccc(F)cc2)cc1. The molecule has 0 aromatic heterocycles. The average Bonchev–Trinajstić information content (AvgIpc) is 2.61. The van der Waals surface area contributed by atoms with E-state index < -0.39 is 5.41 Å². The smallest absolute Gasteiger partial charge is 0.239 e. The van der Waals surface area contributed by atoms with Crippen molar-refractivity contribution in [3.05, 3.63) is 65.5 Å². The molecule has 2 aromatic carbocycles. The van der Waals surface area contributed by atoms with Gasteiger partial charge in [0, 0.05) is 12.2 Å². The third kappa shape index (κ3) is 4.89. The van der Waals surface area contributed by atoms with Crippen LogP contribution in [0.5, 0.6) is 0 Å². The molecule has 0 atom stereocenters. The Kier molecular flexibility index (Phi) is 5.91. The van der Waals surface area contributed by atoms with Gasteiger partial charge in [0.2, 0.25) is 11.8 Å². The van der Waals surface area contributed by atoms with Gasteiger partial charge in [-0.05, 0) is 55.7 Å². The molecule has 0 spiro atoms. The van der Waals surface area contributed by atoms with Crippen LogP contribution in [0.2, 0.25) is 0 Å². The zero-order chi connectivity index (χ0) is 18.4. The molecule has 0 aliphatic heterocycles. The predicted octanol–water partition coefficient (Wildman–Crippen LogP) is 3.67. The quantitative estimate of drug-likeness (QED) is 0.787. The number of carbonyl (C=O) groups is 2. The predicted molar refractivity (Wildman–Crippen MR) is 96.5 cm³/mol. The normalized spacial score (nSPS) is 11.0. The highest BCUT2D eigenvalue weighted by atomic mass is 19.1. The number of carbonyl (C=O) groups excluding carboxylic acids is 2. The molecular weight excluding hydrogens is 319 g/mol. The number of nitrogens with one attached hydrogen (secondary N) is 2. The zero-order valence-electron chi connectivity index (χ0n) is 14.7. The molecule has 25 heavy (non-hydrogen) atoms. The van der Waals surface area contributed by atoms with E-state index in [-0.39, 0.29) is 24.2 Å². The van der Waals surface area contributed by atoms with Gasteiger partial charge in [-0.15, -0.1) is 0 Å². The van der Waals surface area contributed by atoms with Crippen LogP contribution in [0.25, 0.3) is 0 Å². The maximum atomic E-state index is 12.9. The number of amides is 2. The van der Waals surface area contributed by atoms with Gasteiger partial charge in [-0.2, -0.15) is 0 Å². The molecule has 132 valence electrons. The Morgan fingerprint density at radius 2 is 1.48 bits per heavy atom. The second-order valence-corrected chi connectivity index (χ2v) is 6.44. The molecule has 0 radical (unpaired) electrons. The van der Waals surface area contributed by atoms with Crippen molar-refractivity contribution in [3.8, 4) is 0 Å². The molecule has 0 unspecified atom stereocenters. The summed E-state index contributed by atoms with van der Waals surface area (Å²) in [5.74, 6) is -1.10. The Balaban J connectivity index is 1.96. The van der Waals surface area contributed by atoms with Gasteiger partial charge in [-0.3, -0.25) is 9.59 Å². The lowest BCUT2D eigenvalue weighted by Gasteiger charge is -2.23. The number of hydrogen-bond donors (Lipinski definition) is 2. The van der Waals surface area contributed by atoms with Gasteiger partial charge in [0.05, 0.1) is 0 Å². The molecule has 0 aliphatic rings. The Morgan fingerprint density at radius 1 is 0.920 bits per heavy atom.